The molecule has 1 rings (SSSR count). The first-order valence-electron chi connectivity index (χ1n) is 2.23. The summed E-state index contributed by atoms with van der Waals surface area (Å²) in [5.41, 5.74) is 0. The first-order valence-corrected chi connectivity index (χ1v) is 3.31. The molecule has 0 atom stereocenters. The number of halogens is 1. The zero-order valence-corrected chi connectivity index (χ0v) is 11.6. The summed E-state index contributed by atoms with van der Waals surface area (Å²) in [6, 6.07) is 7.05. The molecular weight excluding hydrogens is 442 g/mol. The van der Waals surface area contributed by atoms with Gasteiger partial charge in [-0.25, -0.2) is 0 Å². The van der Waals surface area contributed by atoms with Crippen molar-refractivity contribution in [1.29, 1.82) is 0 Å². The van der Waals surface area contributed by atoms with Gasteiger partial charge < -0.3 is 5.11 Å². The van der Waals surface area contributed by atoms with Gasteiger partial charge in [0, 0.05) is 47.6 Å². The van der Waals surface area contributed by atoms with Gasteiger partial charge >= 0.3 is 0 Å². The number of hydrogen-bond acceptors (Lipinski definition) is 1. The van der Waals surface area contributed by atoms with Gasteiger partial charge in [0.05, 0.1) is 0 Å². The summed E-state index contributed by atoms with van der Waals surface area (Å²) in [5.74, 6) is 0.324. The minimum atomic E-state index is 0. The normalized spacial score (nSPS) is 8.11. The molecule has 0 aliphatic carbocycles. The van der Waals surface area contributed by atoms with Gasteiger partial charge in [0.1, 0.15) is 5.75 Å². The van der Waals surface area contributed by atoms with Crippen molar-refractivity contribution in [2.45, 2.75) is 0 Å². The van der Waals surface area contributed by atoms with Gasteiger partial charge in [-0.05, 0) is 46.9 Å². The Labute approximate surface area is 104 Å². The van der Waals surface area contributed by atoms with Crippen molar-refractivity contribution in [3.63, 3.8) is 0 Å². The second-order valence-electron chi connectivity index (χ2n) is 1.48. The predicted octanol–water partition coefficient (Wildman–Crippen LogP) is 2.00. The Bertz CT molecular complexity index is 152. The molecule has 0 bridgehead atoms. The largest absolute Gasteiger partial charge is 0.508 e. The van der Waals surface area contributed by atoms with Crippen molar-refractivity contribution in [1.82, 2.24) is 0 Å². The molecule has 1 radical (unpaired) electrons. The van der Waals surface area contributed by atoms with E-state index in [1.807, 2.05) is 12.1 Å². The second kappa shape index (κ2) is 4.92. The molecule has 45 valence electrons. The third-order valence-electron chi connectivity index (χ3n) is 0.827. The third-order valence-corrected chi connectivity index (χ3v) is 1.55. The van der Waals surface area contributed by atoms with Crippen molar-refractivity contribution in [3.05, 3.63) is 27.8 Å². The molecule has 0 aliphatic heterocycles. The predicted molar refractivity (Wildman–Crippen MR) is 40.8 cm³/mol. The van der Waals surface area contributed by atoms with Gasteiger partial charge in [0.25, 0.3) is 0 Å². The summed E-state index contributed by atoms with van der Waals surface area (Å²) in [7, 11) is 0. The summed E-state index contributed by atoms with van der Waals surface area (Å²) < 4.78 is 1.14. The Hall–Kier alpha value is 1.19. The maximum absolute atomic E-state index is 8.75. The summed E-state index contributed by atoms with van der Waals surface area (Å²) in [6.45, 7) is 0. The molecule has 9 heavy (non-hydrogen) atoms. The number of phenols is 1. The van der Waals surface area contributed by atoms with Crippen LogP contribution < -0.4 is 0 Å². The monoisotopic (exact) mass is 447 g/mol. The van der Waals surface area contributed by atoms with E-state index in [9.17, 15) is 0 Å². The van der Waals surface area contributed by atoms with E-state index in [0.717, 1.165) is 3.57 Å². The van der Waals surface area contributed by atoms with Crippen molar-refractivity contribution in [3.8, 4) is 5.75 Å². The molecule has 0 aromatic heterocycles. The van der Waals surface area contributed by atoms with E-state index in [4.69, 9.17) is 5.11 Å². The average molecular weight is 447 g/mol. The Morgan fingerprint density at radius 1 is 1.11 bits per heavy atom. The van der Waals surface area contributed by atoms with Crippen LogP contribution in [0.25, 0.3) is 0 Å². The van der Waals surface area contributed by atoms with E-state index in [1.54, 1.807) is 12.1 Å². The Kier molecular flexibility index (Phi) is 5.58. The van der Waals surface area contributed by atoms with Crippen LogP contribution in [0.2, 0.25) is 0 Å². The number of benzene rings is 1. The van der Waals surface area contributed by atoms with Crippen molar-refractivity contribution >= 4 is 22.6 Å². The van der Waals surface area contributed by atoms with Gasteiger partial charge in [-0.3, -0.25) is 0 Å². The van der Waals surface area contributed by atoms with Gasteiger partial charge in [0.2, 0.25) is 0 Å². The van der Waals surface area contributed by atoms with Gasteiger partial charge in [-0.15, -0.1) is 0 Å². The molecular formula is C6H5AcIO. The van der Waals surface area contributed by atoms with Crippen LogP contribution in [-0.2, 0) is 0 Å². The molecule has 1 nitrogen and oxygen atoms in total. The van der Waals surface area contributed by atoms with Crippen molar-refractivity contribution in [2.75, 3.05) is 0 Å². The molecule has 0 aliphatic rings. The summed E-state index contributed by atoms with van der Waals surface area (Å²) in [4.78, 5) is 0. The van der Waals surface area contributed by atoms with Crippen LogP contribution in [0.3, 0.4) is 0 Å². The standard InChI is InChI=1S/C6H5IO.Ac/c7-5-1-3-6(8)4-2-5;/h1-4,8H;. The molecule has 0 heterocycles. The van der Waals surface area contributed by atoms with Crippen LogP contribution in [0.1, 0.15) is 0 Å². The van der Waals surface area contributed by atoms with E-state index in [0.29, 0.717) is 5.75 Å². The molecule has 0 unspecified atom stereocenters. The van der Waals surface area contributed by atoms with Crippen molar-refractivity contribution < 1.29 is 49.2 Å². The van der Waals surface area contributed by atoms with E-state index < -0.39 is 0 Å². The number of rotatable bonds is 0. The Morgan fingerprint density at radius 2 is 1.56 bits per heavy atom. The molecule has 1 N–H and O–H groups in total. The van der Waals surface area contributed by atoms with E-state index in [-0.39, 0.29) is 44.1 Å². The number of hydrogen-bond donors (Lipinski definition) is 1. The average Bonchev–Trinajstić information content (AvgIpc) is 1.77. The zero-order valence-electron chi connectivity index (χ0n) is 4.71. The third kappa shape index (κ3) is 3.80. The fourth-order valence-electron chi connectivity index (χ4n) is 0.441. The summed E-state index contributed by atoms with van der Waals surface area (Å²) >= 11 is 2.19. The summed E-state index contributed by atoms with van der Waals surface area (Å²) in [5, 5.41) is 8.75. The second-order valence-corrected chi connectivity index (χ2v) is 2.72. The number of aromatic hydroxyl groups is 1. The fraction of sp³-hybridized carbons (Fsp3) is 0. The van der Waals surface area contributed by atoms with Crippen LogP contribution in [0.5, 0.6) is 5.75 Å². The quantitative estimate of drug-likeness (QED) is 0.604. The molecule has 0 spiro atoms. The minimum absolute atomic E-state index is 0. The molecule has 1 aromatic carbocycles. The minimum Gasteiger partial charge on any atom is -0.508 e. The maximum atomic E-state index is 8.75. The van der Waals surface area contributed by atoms with E-state index in [1.165, 1.54) is 0 Å². The topological polar surface area (TPSA) is 20.2 Å². The first kappa shape index (κ1) is 10.2. The Morgan fingerprint density at radius 3 is 1.89 bits per heavy atom. The van der Waals surface area contributed by atoms with Crippen LogP contribution in [0.4, 0.5) is 0 Å². The molecule has 0 fully saturated rings. The van der Waals surface area contributed by atoms with Crippen LogP contribution in [-0.4, -0.2) is 5.11 Å². The molecule has 0 saturated carbocycles. The molecule has 0 amide bonds. The fourth-order valence-corrected chi connectivity index (χ4v) is 0.801. The first-order chi connectivity index (χ1) is 3.79. The van der Waals surface area contributed by atoms with Crippen LogP contribution in [0, 0.1) is 47.6 Å². The number of phenolic OH excluding ortho intramolecular Hbond substituents is 1. The van der Waals surface area contributed by atoms with Crippen LogP contribution >= 0.6 is 22.6 Å². The van der Waals surface area contributed by atoms with E-state index in [2.05, 4.69) is 22.6 Å². The van der Waals surface area contributed by atoms with Gasteiger partial charge in [-0.2, -0.15) is 0 Å². The van der Waals surface area contributed by atoms with Gasteiger partial charge in [-0.1, -0.05) is 0 Å². The van der Waals surface area contributed by atoms with Crippen LogP contribution in [0.15, 0.2) is 24.3 Å². The van der Waals surface area contributed by atoms with Gasteiger partial charge in [0.15, 0.2) is 0 Å². The molecule has 1 aromatic rings. The molecule has 3 heteroatoms. The van der Waals surface area contributed by atoms with E-state index >= 15 is 0 Å². The van der Waals surface area contributed by atoms with Crippen molar-refractivity contribution in [2.24, 2.45) is 0 Å². The smallest absolute Gasteiger partial charge is 0.115 e. The zero-order chi connectivity index (χ0) is 5.98. The maximum Gasteiger partial charge on any atom is 0.115 e. The molecule has 0 saturated heterocycles. The SMILES string of the molecule is Oc1ccc(I)cc1.[Ac]. The summed E-state index contributed by atoms with van der Waals surface area (Å²) in [6.07, 6.45) is 0. The Balaban J connectivity index is 0.000000640.